The molecule has 0 radical (unpaired) electrons. The van der Waals surface area contributed by atoms with E-state index in [1.54, 1.807) is 7.11 Å². The van der Waals surface area contributed by atoms with Crippen LogP contribution in [0.5, 0.6) is 11.5 Å². The number of rotatable bonds is 2. The summed E-state index contributed by atoms with van der Waals surface area (Å²) in [4.78, 5) is 0. The third-order valence-electron chi connectivity index (χ3n) is 4.56. The van der Waals surface area contributed by atoms with Crippen LogP contribution in [0.15, 0.2) is 42.5 Å². The third kappa shape index (κ3) is 2.41. The minimum absolute atomic E-state index is 0.185. The Morgan fingerprint density at radius 3 is 2.73 bits per heavy atom. The van der Waals surface area contributed by atoms with Crippen molar-refractivity contribution in [3.05, 3.63) is 53.6 Å². The van der Waals surface area contributed by atoms with Crippen molar-refractivity contribution in [3.8, 4) is 11.5 Å². The summed E-state index contributed by atoms with van der Waals surface area (Å²) in [5, 5.41) is 3.62. The summed E-state index contributed by atoms with van der Waals surface area (Å²) in [6.07, 6.45) is 0.873. The molecule has 22 heavy (non-hydrogen) atoms. The number of para-hydroxylation sites is 1. The first-order valence-electron chi connectivity index (χ1n) is 7.80. The fraction of sp³-hybridized carbons (Fsp3) is 0.368. The smallest absolute Gasteiger partial charge is 0.133 e. The van der Waals surface area contributed by atoms with Gasteiger partial charge in [-0.2, -0.15) is 0 Å². The zero-order valence-corrected chi connectivity index (χ0v) is 13.6. The lowest BCUT2D eigenvalue weighted by molar-refractivity contribution is 0.0803. The maximum Gasteiger partial charge on any atom is 0.133 e. The van der Waals surface area contributed by atoms with Crippen molar-refractivity contribution in [3.63, 3.8) is 0 Å². The van der Waals surface area contributed by atoms with Crippen LogP contribution in [0.3, 0.4) is 0 Å². The SMILES string of the molecule is CCC1(C)Oc2ccccc2C(C)Nc2ccc(OC)cc21. The van der Waals surface area contributed by atoms with Crippen LogP contribution in [-0.4, -0.2) is 7.11 Å². The summed E-state index contributed by atoms with van der Waals surface area (Å²) >= 11 is 0. The topological polar surface area (TPSA) is 30.5 Å². The van der Waals surface area contributed by atoms with Gasteiger partial charge in [0, 0.05) is 16.8 Å². The van der Waals surface area contributed by atoms with Gasteiger partial charge in [0.05, 0.1) is 13.2 Å². The Labute approximate surface area is 132 Å². The Kier molecular flexibility index (Phi) is 3.73. The quantitative estimate of drug-likeness (QED) is 0.856. The number of fused-ring (bicyclic) bond motifs is 2. The van der Waals surface area contributed by atoms with Crippen LogP contribution in [0.1, 0.15) is 44.4 Å². The highest BCUT2D eigenvalue weighted by atomic mass is 16.5. The highest BCUT2D eigenvalue weighted by Crippen LogP contribution is 2.43. The van der Waals surface area contributed by atoms with Gasteiger partial charge in [-0.1, -0.05) is 25.1 Å². The van der Waals surface area contributed by atoms with Crippen molar-refractivity contribution in [1.82, 2.24) is 0 Å². The van der Waals surface area contributed by atoms with E-state index in [2.05, 4.69) is 50.4 Å². The third-order valence-corrected chi connectivity index (χ3v) is 4.56. The second-order valence-electron chi connectivity index (χ2n) is 6.00. The fourth-order valence-corrected chi connectivity index (χ4v) is 3.02. The number of nitrogens with one attached hydrogen (secondary N) is 1. The molecular weight excluding hydrogens is 274 g/mol. The first-order chi connectivity index (χ1) is 10.6. The largest absolute Gasteiger partial charge is 0.497 e. The standard InChI is InChI=1S/C19H23NO2/c1-5-19(3)16-12-14(21-4)10-11-17(16)20-13(2)15-8-6-7-9-18(15)22-19/h6-13,20H,5H2,1-4H3. The molecule has 0 fully saturated rings. The molecule has 2 unspecified atom stereocenters. The molecule has 0 saturated heterocycles. The number of ether oxygens (including phenoxy) is 2. The summed E-state index contributed by atoms with van der Waals surface area (Å²) in [6.45, 7) is 6.45. The van der Waals surface area contributed by atoms with Crippen LogP contribution in [-0.2, 0) is 5.60 Å². The number of methoxy groups -OCH3 is 1. The minimum Gasteiger partial charge on any atom is -0.497 e. The highest BCUT2D eigenvalue weighted by molar-refractivity contribution is 5.60. The van der Waals surface area contributed by atoms with Gasteiger partial charge in [0.25, 0.3) is 0 Å². The van der Waals surface area contributed by atoms with Gasteiger partial charge < -0.3 is 14.8 Å². The average molecular weight is 297 g/mol. The van der Waals surface area contributed by atoms with Crippen LogP contribution in [0.25, 0.3) is 0 Å². The van der Waals surface area contributed by atoms with E-state index in [4.69, 9.17) is 9.47 Å². The molecule has 0 amide bonds. The van der Waals surface area contributed by atoms with Crippen LogP contribution < -0.4 is 14.8 Å². The number of anilines is 1. The number of hydrogen-bond donors (Lipinski definition) is 1. The molecule has 2 aromatic rings. The minimum atomic E-state index is -0.396. The van der Waals surface area contributed by atoms with E-state index in [9.17, 15) is 0 Å². The predicted molar refractivity (Wildman–Crippen MR) is 89.7 cm³/mol. The van der Waals surface area contributed by atoms with E-state index in [1.807, 2.05) is 18.2 Å². The number of hydrogen-bond acceptors (Lipinski definition) is 3. The summed E-state index contributed by atoms with van der Waals surface area (Å²) in [7, 11) is 1.69. The average Bonchev–Trinajstić information content (AvgIpc) is 2.54. The normalized spacial score (nSPS) is 23.2. The van der Waals surface area contributed by atoms with E-state index in [0.717, 1.165) is 29.2 Å². The molecular formula is C19H23NO2. The van der Waals surface area contributed by atoms with E-state index in [1.165, 1.54) is 5.56 Å². The lowest BCUT2D eigenvalue weighted by Crippen LogP contribution is -2.32. The fourth-order valence-electron chi connectivity index (χ4n) is 3.02. The molecule has 0 bridgehead atoms. The maximum atomic E-state index is 6.47. The molecule has 0 aliphatic carbocycles. The van der Waals surface area contributed by atoms with Gasteiger partial charge >= 0.3 is 0 Å². The molecule has 1 aliphatic rings. The van der Waals surface area contributed by atoms with E-state index < -0.39 is 5.60 Å². The monoisotopic (exact) mass is 297 g/mol. The molecule has 0 spiro atoms. The van der Waals surface area contributed by atoms with Crippen molar-refractivity contribution in [1.29, 1.82) is 0 Å². The molecule has 1 aliphatic heterocycles. The summed E-state index contributed by atoms with van der Waals surface area (Å²) in [5.74, 6) is 1.80. The van der Waals surface area contributed by atoms with Gasteiger partial charge in [0.1, 0.15) is 17.1 Å². The first kappa shape index (κ1) is 14.8. The van der Waals surface area contributed by atoms with Crippen LogP contribution in [0.4, 0.5) is 5.69 Å². The van der Waals surface area contributed by atoms with Crippen LogP contribution in [0.2, 0.25) is 0 Å². The highest BCUT2D eigenvalue weighted by Gasteiger charge is 2.33. The van der Waals surface area contributed by atoms with Crippen molar-refractivity contribution >= 4 is 5.69 Å². The second-order valence-corrected chi connectivity index (χ2v) is 6.00. The Hall–Kier alpha value is -2.16. The summed E-state index contributed by atoms with van der Waals surface area (Å²) in [5.41, 5.74) is 3.03. The molecule has 2 aromatic carbocycles. The van der Waals surface area contributed by atoms with Gasteiger partial charge in [-0.3, -0.25) is 0 Å². The van der Waals surface area contributed by atoms with Crippen molar-refractivity contribution in [2.75, 3.05) is 12.4 Å². The molecule has 1 N–H and O–H groups in total. The lowest BCUT2D eigenvalue weighted by atomic mass is 9.89. The Bertz CT molecular complexity index is 683. The first-order valence-corrected chi connectivity index (χ1v) is 7.80. The zero-order chi connectivity index (χ0) is 15.7. The summed E-state index contributed by atoms with van der Waals surface area (Å²) < 4.78 is 11.9. The van der Waals surface area contributed by atoms with Gasteiger partial charge in [-0.25, -0.2) is 0 Å². The second kappa shape index (κ2) is 5.56. The molecule has 3 nitrogen and oxygen atoms in total. The molecule has 2 atom stereocenters. The van der Waals surface area contributed by atoms with Crippen LogP contribution in [0, 0.1) is 0 Å². The van der Waals surface area contributed by atoms with E-state index >= 15 is 0 Å². The Morgan fingerprint density at radius 2 is 2.00 bits per heavy atom. The lowest BCUT2D eigenvalue weighted by Gasteiger charge is -2.37. The van der Waals surface area contributed by atoms with E-state index in [0.29, 0.717) is 0 Å². The predicted octanol–water partition coefficient (Wildman–Crippen LogP) is 4.89. The van der Waals surface area contributed by atoms with Crippen molar-refractivity contribution in [2.24, 2.45) is 0 Å². The van der Waals surface area contributed by atoms with Gasteiger partial charge in [0.2, 0.25) is 0 Å². The molecule has 1 heterocycles. The van der Waals surface area contributed by atoms with Crippen LogP contribution >= 0.6 is 0 Å². The Balaban J connectivity index is 2.17. The summed E-state index contributed by atoms with van der Waals surface area (Å²) in [6, 6.07) is 14.6. The number of benzene rings is 2. The van der Waals surface area contributed by atoms with Gasteiger partial charge in [-0.15, -0.1) is 0 Å². The zero-order valence-electron chi connectivity index (χ0n) is 13.6. The molecule has 3 rings (SSSR count). The molecule has 116 valence electrons. The molecule has 0 aromatic heterocycles. The maximum absolute atomic E-state index is 6.47. The van der Waals surface area contributed by atoms with Gasteiger partial charge in [-0.05, 0) is 44.5 Å². The molecule has 0 saturated carbocycles. The van der Waals surface area contributed by atoms with E-state index in [-0.39, 0.29) is 6.04 Å². The Morgan fingerprint density at radius 1 is 1.23 bits per heavy atom. The van der Waals surface area contributed by atoms with Crippen molar-refractivity contribution < 1.29 is 9.47 Å². The van der Waals surface area contributed by atoms with Gasteiger partial charge in [0.15, 0.2) is 0 Å². The van der Waals surface area contributed by atoms with Crippen molar-refractivity contribution in [2.45, 2.75) is 38.8 Å². The molecule has 3 heteroatoms.